The van der Waals surface area contributed by atoms with Gasteiger partial charge in [-0.2, -0.15) is 0 Å². The van der Waals surface area contributed by atoms with Gasteiger partial charge in [-0.1, -0.05) is 12.0 Å². The van der Waals surface area contributed by atoms with Gasteiger partial charge in [0, 0.05) is 11.6 Å². The standard InChI is InChI=1S/C16H18N6O2/c23-15(10-12-4-2-1-3-5-12)18-19-16(24)13-6-8-14(9-7-13)22-11-17-20-21-22/h6-11H,1-5H2,(H,18,23)(H,19,24). The molecule has 24 heavy (non-hydrogen) atoms. The quantitative estimate of drug-likeness (QED) is 0.654. The van der Waals surface area contributed by atoms with E-state index in [1.54, 1.807) is 30.3 Å². The highest BCUT2D eigenvalue weighted by Gasteiger charge is 2.09. The fraction of sp³-hybridized carbons (Fsp3) is 0.312. The van der Waals surface area contributed by atoms with Crippen molar-refractivity contribution >= 4 is 11.8 Å². The van der Waals surface area contributed by atoms with Gasteiger partial charge in [0.1, 0.15) is 6.33 Å². The lowest BCUT2D eigenvalue weighted by molar-refractivity contribution is -0.117. The zero-order chi connectivity index (χ0) is 16.8. The molecule has 1 heterocycles. The number of carbonyl (C=O) groups excluding carboxylic acids is 2. The van der Waals surface area contributed by atoms with Gasteiger partial charge in [-0.15, -0.1) is 5.10 Å². The smallest absolute Gasteiger partial charge is 0.268 e. The first-order valence-electron chi connectivity index (χ1n) is 7.85. The van der Waals surface area contributed by atoms with E-state index in [4.69, 9.17) is 0 Å². The van der Waals surface area contributed by atoms with Crippen LogP contribution in [0.3, 0.4) is 0 Å². The third-order valence-electron chi connectivity index (χ3n) is 3.87. The molecular formula is C16H18N6O2. The molecular weight excluding hydrogens is 308 g/mol. The van der Waals surface area contributed by atoms with E-state index in [2.05, 4.69) is 26.4 Å². The Bertz CT molecular complexity index is 728. The highest BCUT2D eigenvalue weighted by molar-refractivity contribution is 5.97. The van der Waals surface area contributed by atoms with Crippen molar-refractivity contribution in [3.63, 3.8) is 0 Å². The molecule has 1 fully saturated rings. The Balaban J connectivity index is 1.54. The molecule has 8 heteroatoms. The Hall–Kier alpha value is -3.03. The minimum absolute atomic E-state index is 0.300. The second-order valence-electron chi connectivity index (χ2n) is 5.61. The van der Waals surface area contributed by atoms with Crippen LogP contribution in [0.1, 0.15) is 42.5 Å². The Morgan fingerprint density at radius 2 is 1.79 bits per heavy atom. The van der Waals surface area contributed by atoms with Crippen molar-refractivity contribution < 1.29 is 9.59 Å². The van der Waals surface area contributed by atoms with Gasteiger partial charge >= 0.3 is 0 Å². The van der Waals surface area contributed by atoms with E-state index in [-0.39, 0.29) is 11.8 Å². The minimum Gasteiger partial charge on any atom is -0.268 e. The van der Waals surface area contributed by atoms with Crippen molar-refractivity contribution in [3.8, 4) is 5.69 Å². The van der Waals surface area contributed by atoms with Crippen LogP contribution in [0.25, 0.3) is 5.69 Å². The number of rotatable bonds is 3. The maximum absolute atomic E-state index is 12.0. The van der Waals surface area contributed by atoms with Crippen LogP contribution in [0.5, 0.6) is 0 Å². The van der Waals surface area contributed by atoms with E-state index in [0.717, 1.165) is 36.9 Å². The molecule has 2 N–H and O–H groups in total. The van der Waals surface area contributed by atoms with E-state index < -0.39 is 0 Å². The molecule has 2 aromatic rings. The molecule has 1 aromatic carbocycles. The van der Waals surface area contributed by atoms with Crippen LogP contribution in [0.4, 0.5) is 0 Å². The first-order chi connectivity index (χ1) is 11.7. The summed E-state index contributed by atoms with van der Waals surface area (Å²) in [7, 11) is 0. The van der Waals surface area contributed by atoms with Crippen LogP contribution in [0.2, 0.25) is 0 Å². The van der Waals surface area contributed by atoms with Crippen LogP contribution in [0, 0.1) is 0 Å². The molecule has 8 nitrogen and oxygen atoms in total. The zero-order valence-electron chi connectivity index (χ0n) is 13.1. The van der Waals surface area contributed by atoms with Gasteiger partial charge in [0.15, 0.2) is 0 Å². The van der Waals surface area contributed by atoms with Crippen LogP contribution in [-0.2, 0) is 4.79 Å². The van der Waals surface area contributed by atoms with E-state index >= 15 is 0 Å². The molecule has 0 unspecified atom stereocenters. The predicted molar refractivity (Wildman–Crippen MR) is 85.9 cm³/mol. The Morgan fingerprint density at radius 3 is 2.46 bits per heavy atom. The molecule has 0 saturated heterocycles. The number of hydrogen-bond donors (Lipinski definition) is 2. The van der Waals surface area contributed by atoms with Crippen molar-refractivity contribution in [1.82, 2.24) is 31.1 Å². The van der Waals surface area contributed by atoms with Gasteiger partial charge in [0.25, 0.3) is 11.8 Å². The minimum atomic E-state index is -0.381. The molecule has 0 radical (unpaired) electrons. The molecule has 0 atom stereocenters. The van der Waals surface area contributed by atoms with Gasteiger partial charge in [-0.05, 0) is 60.4 Å². The molecule has 1 aliphatic rings. The summed E-state index contributed by atoms with van der Waals surface area (Å²) < 4.78 is 1.49. The van der Waals surface area contributed by atoms with Crippen molar-refractivity contribution in [2.75, 3.05) is 0 Å². The molecule has 0 bridgehead atoms. The molecule has 124 valence electrons. The Kier molecular flexibility index (Phi) is 4.95. The third kappa shape index (κ3) is 4.03. The number of tetrazole rings is 1. The number of hydrazine groups is 1. The summed E-state index contributed by atoms with van der Waals surface area (Å²) in [5, 5.41) is 10.9. The summed E-state index contributed by atoms with van der Waals surface area (Å²) >= 11 is 0. The zero-order valence-corrected chi connectivity index (χ0v) is 13.1. The topological polar surface area (TPSA) is 102 Å². The summed E-state index contributed by atoms with van der Waals surface area (Å²) in [5.74, 6) is -0.681. The third-order valence-corrected chi connectivity index (χ3v) is 3.87. The van der Waals surface area contributed by atoms with Crippen LogP contribution in [0.15, 0.2) is 42.2 Å². The second-order valence-corrected chi connectivity index (χ2v) is 5.61. The number of carbonyl (C=O) groups is 2. The van der Waals surface area contributed by atoms with Crippen LogP contribution in [-0.4, -0.2) is 32.0 Å². The average molecular weight is 326 g/mol. The monoisotopic (exact) mass is 326 g/mol. The Morgan fingerprint density at radius 1 is 1.04 bits per heavy atom. The number of benzene rings is 1. The first kappa shape index (κ1) is 15.9. The van der Waals surface area contributed by atoms with Crippen molar-refractivity contribution in [3.05, 3.63) is 47.8 Å². The van der Waals surface area contributed by atoms with Crippen molar-refractivity contribution in [2.45, 2.75) is 32.1 Å². The van der Waals surface area contributed by atoms with E-state index in [9.17, 15) is 9.59 Å². The number of nitrogens with one attached hydrogen (secondary N) is 2. The average Bonchev–Trinajstić information content (AvgIpc) is 3.15. The normalized spacial score (nSPS) is 14.1. The summed E-state index contributed by atoms with van der Waals surface area (Å²) in [6.45, 7) is 0. The van der Waals surface area contributed by atoms with E-state index in [1.807, 2.05) is 0 Å². The summed E-state index contributed by atoms with van der Waals surface area (Å²) in [6, 6.07) is 6.71. The fourth-order valence-corrected chi connectivity index (χ4v) is 2.61. The van der Waals surface area contributed by atoms with Crippen molar-refractivity contribution in [2.24, 2.45) is 0 Å². The number of allylic oxidation sites excluding steroid dienone is 1. The lowest BCUT2D eigenvalue weighted by atomic mass is 9.95. The molecule has 1 saturated carbocycles. The maximum Gasteiger partial charge on any atom is 0.269 e. The number of hydrogen-bond acceptors (Lipinski definition) is 5. The Labute approximate surface area is 138 Å². The second kappa shape index (κ2) is 7.49. The van der Waals surface area contributed by atoms with Gasteiger partial charge in [0.05, 0.1) is 5.69 Å². The van der Waals surface area contributed by atoms with Gasteiger partial charge < -0.3 is 0 Å². The molecule has 0 spiro atoms. The highest BCUT2D eigenvalue weighted by Crippen LogP contribution is 2.22. The number of aromatic nitrogens is 4. The van der Waals surface area contributed by atoms with Crippen LogP contribution < -0.4 is 10.9 Å². The largest absolute Gasteiger partial charge is 0.269 e. The molecule has 3 rings (SSSR count). The lowest BCUT2D eigenvalue weighted by Crippen LogP contribution is -2.41. The van der Waals surface area contributed by atoms with Gasteiger partial charge in [-0.3, -0.25) is 20.4 Å². The predicted octanol–water partition coefficient (Wildman–Crippen LogP) is 1.31. The van der Waals surface area contributed by atoms with E-state index in [1.165, 1.54) is 17.4 Å². The lowest BCUT2D eigenvalue weighted by Gasteiger charge is -2.13. The highest BCUT2D eigenvalue weighted by atomic mass is 16.2. The summed E-state index contributed by atoms with van der Waals surface area (Å²) in [4.78, 5) is 23.9. The molecule has 0 aliphatic heterocycles. The fourth-order valence-electron chi connectivity index (χ4n) is 2.61. The SMILES string of the molecule is O=C(C=C1CCCCC1)NNC(=O)c1ccc(-n2cnnn2)cc1. The summed E-state index contributed by atoms with van der Waals surface area (Å²) in [6.07, 6.45) is 8.43. The summed E-state index contributed by atoms with van der Waals surface area (Å²) in [5.41, 5.74) is 7.13. The first-order valence-corrected chi connectivity index (χ1v) is 7.85. The maximum atomic E-state index is 12.0. The number of nitrogens with zero attached hydrogens (tertiary/aromatic N) is 4. The van der Waals surface area contributed by atoms with Gasteiger partial charge in [0.2, 0.25) is 0 Å². The van der Waals surface area contributed by atoms with Crippen LogP contribution >= 0.6 is 0 Å². The van der Waals surface area contributed by atoms with Gasteiger partial charge in [-0.25, -0.2) is 4.68 Å². The van der Waals surface area contributed by atoms with E-state index in [0.29, 0.717) is 5.56 Å². The molecule has 2 amide bonds. The molecule has 1 aromatic heterocycles. The molecule has 1 aliphatic carbocycles. The van der Waals surface area contributed by atoms with Crippen molar-refractivity contribution in [1.29, 1.82) is 0 Å². The number of amides is 2.